The van der Waals surface area contributed by atoms with Crippen molar-refractivity contribution < 1.29 is 23.4 Å². The minimum Gasteiger partial charge on any atom is -0.478 e. The molecule has 1 aliphatic rings. The first-order valence-electron chi connectivity index (χ1n) is 6.10. The van der Waals surface area contributed by atoms with Gasteiger partial charge in [0, 0.05) is 5.56 Å². The number of aliphatic carboxylic acids is 1. The molecule has 20 heavy (non-hydrogen) atoms. The van der Waals surface area contributed by atoms with Crippen molar-refractivity contribution in [1.29, 1.82) is 0 Å². The molecule has 1 aromatic carbocycles. The van der Waals surface area contributed by atoms with Crippen molar-refractivity contribution in [3.05, 3.63) is 33.9 Å². The maximum Gasteiger partial charge on any atom is 0.335 e. The molecule has 0 fully saturated rings. The summed E-state index contributed by atoms with van der Waals surface area (Å²) in [5, 5.41) is 9.10. The number of carboxylic acid groups (broad SMARTS) is 1. The highest BCUT2D eigenvalue weighted by molar-refractivity contribution is 6.32. The topological polar surface area (TPSA) is 46.5 Å². The van der Waals surface area contributed by atoms with Gasteiger partial charge in [-0.15, -0.1) is 0 Å². The fourth-order valence-electron chi connectivity index (χ4n) is 1.80. The number of benzene rings is 1. The van der Waals surface area contributed by atoms with E-state index in [2.05, 4.69) is 0 Å². The summed E-state index contributed by atoms with van der Waals surface area (Å²) in [4.78, 5) is 10.9. The molecule has 1 aromatic rings. The third-order valence-corrected chi connectivity index (χ3v) is 2.84. The molecule has 1 heterocycles. The molecule has 0 bridgehead atoms. The van der Waals surface area contributed by atoms with Gasteiger partial charge in [0.05, 0.1) is 10.6 Å². The molecule has 0 amide bonds. The summed E-state index contributed by atoms with van der Waals surface area (Å²) in [6.07, 6.45) is -3.55. The van der Waals surface area contributed by atoms with Gasteiger partial charge < -0.3 is 9.84 Å². The minimum absolute atomic E-state index is 0.0950. The zero-order valence-electron chi connectivity index (χ0n) is 11.3. The van der Waals surface area contributed by atoms with Crippen LogP contribution < -0.4 is 4.74 Å². The van der Waals surface area contributed by atoms with Gasteiger partial charge >= 0.3 is 5.97 Å². The predicted molar refractivity (Wildman–Crippen MR) is 73.6 cm³/mol. The molecule has 1 unspecified atom stereocenters. The summed E-state index contributed by atoms with van der Waals surface area (Å²) in [6.45, 7) is 5.76. The van der Waals surface area contributed by atoms with E-state index in [0.717, 1.165) is 5.56 Å². The van der Waals surface area contributed by atoms with E-state index < -0.39 is 24.1 Å². The highest BCUT2D eigenvalue weighted by atomic mass is 35.5. The molecule has 1 aliphatic heterocycles. The molecule has 0 aliphatic carbocycles. The summed E-state index contributed by atoms with van der Waals surface area (Å²) < 4.78 is 30.5. The molecule has 0 saturated carbocycles. The first kappa shape index (κ1) is 16.4. The maximum absolute atomic E-state index is 12.8. The van der Waals surface area contributed by atoms with Gasteiger partial charge in [-0.1, -0.05) is 25.4 Å². The summed E-state index contributed by atoms with van der Waals surface area (Å²) >= 11 is 5.90. The van der Waals surface area contributed by atoms with Crippen molar-refractivity contribution in [2.75, 3.05) is 0 Å². The standard InChI is InChI=1S/C12H9ClF2O3.C2H6/c1-5-2-6-4-7(12(16)17)10(11(14)15)18-9(6)8(13)3-5;1-2/h2-4,10-11H,1H3,(H,16,17);1-2H3. The van der Waals surface area contributed by atoms with Crippen LogP contribution in [0.1, 0.15) is 25.0 Å². The van der Waals surface area contributed by atoms with Gasteiger partial charge in [-0.05, 0) is 30.7 Å². The molecular weight excluding hydrogens is 290 g/mol. The molecule has 0 saturated heterocycles. The van der Waals surface area contributed by atoms with Crippen LogP contribution in [-0.2, 0) is 4.79 Å². The second kappa shape index (κ2) is 6.70. The van der Waals surface area contributed by atoms with Crippen LogP contribution in [0, 0.1) is 6.92 Å². The van der Waals surface area contributed by atoms with Gasteiger partial charge in [0.2, 0.25) is 0 Å². The quantitative estimate of drug-likeness (QED) is 0.892. The molecular formula is C14H15ClF2O3. The third kappa shape index (κ3) is 3.28. The van der Waals surface area contributed by atoms with Crippen molar-refractivity contribution in [2.45, 2.75) is 33.3 Å². The smallest absolute Gasteiger partial charge is 0.335 e. The summed E-state index contributed by atoms with van der Waals surface area (Å²) in [5.74, 6) is -1.33. The second-order valence-corrected chi connectivity index (χ2v) is 4.35. The Labute approximate surface area is 120 Å². The highest BCUT2D eigenvalue weighted by Gasteiger charge is 2.35. The number of hydrogen-bond acceptors (Lipinski definition) is 2. The Morgan fingerprint density at radius 1 is 1.40 bits per heavy atom. The lowest BCUT2D eigenvalue weighted by molar-refractivity contribution is -0.134. The number of rotatable bonds is 2. The van der Waals surface area contributed by atoms with E-state index in [1.807, 2.05) is 13.8 Å². The molecule has 0 aromatic heterocycles. The monoisotopic (exact) mass is 304 g/mol. The largest absolute Gasteiger partial charge is 0.478 e. The number of carbonyl (C=O) groups is 1. The number of halogens is 3. The average molecular weight is 305 g/mol. The summed E-state index contributed by atoms with van der Waals surface area (Å²) in [6, 6.07) is 3.20. The van der Waals surface area contributed by atoms with Gasteiger partial charge in [0.15, 0.2) is 6.10 Å². The minimum atomic E-state index is -2.93. The molecule has 1 N–H and O–H groups in total. The van der Waals surface area contributed by atoms with E-state index in [0.29, 0.717) is 5.56 Å². The normalized spacial score (nSPS) is 16.6. The van der Waals surface area contributed by atoms with Crippen molar-refractivity contribution in [2.24, 2.45) is 0 Å². The number of carboxylic acids is 1. The van der Waals surface area contributed by atoms with E-state index >= 15 is 0 Å². The fourth-order valence-corrected chi connectivity index (χ4v) is 2.12. The van der Waals surface area contributed by atoms with E-state index in [1.165, 1.54) is 6.08 Å². The summed E-state index contributed by atoms with van der Waals surface area (Å²) in [5.41, 5.74) is 0.715. The van der Waals surface area contributed by atoms with Crippen LogP contribution in [0.25, 0.3) is 6.08 Å². The van der Waals surface area contributed by atoms with Gasteiger partial charge in [-0.3, -0.25) is 0 Å². The van der Waals surface area contributed by atoms with E-state index in [-0.39, 0.29) is 10.8 Å². The summed E-state index contributed by atoms with van der Waals surface area (Å²) in [7, 11) is 0. The van der Waals surface area contributed by atoms with Gasteiger partial charge in [-0.2, -0.15) is 0 Å². The third-order valence-electron chi connectivity index (χ3n) is 2.55. The molecule has 110 valence electrons. The van der Waals surface area contributed by atoms with Gasteiger partial charge in [-0.25, -0.2) is 13.6 Å². The number of alkyl halides is 2. The van der Waals surface area contributed by atoms with Gasteiger partial charge in [0.25, 0.3) is 6.43 Å². The van der Waals surface area contributed by atoms with Crippen molar-refractivity contribution in [3.63, 3.8) is 0 Å². The number of aryl methyl sites for hydroxylation is 1. The maximum atomic E-state index is 12.8. The van der Waals surface area contributed by atoms with Crippen LogP contribution in [0.3, 0.4) is 0 Å². The molecule has 0 radical (unpaired) electrons. The van der Waals surface area contributed by atoms with Crippen molar-refractivity contribution in [3.8, 4) is 5.75 Å². The first-order valence-corrected chi connectivity index (χ1v) is 6.47. The van der Waals surface area contributed by atoms with E-state index in [1.54, 1.807) is 19.1 Å². The first-order chi connectivity index (χ1) is 9.40. The Morgan fingerprint density at radius 2 is 2.00 bits per heavy atom. The lowest BCUT2D eigenvalue weighted by Crippen LogP contribution is -2.33. The fraction of sp³-hybridized carbons (Fsp3) is 0.357. The van der Waals surface area contributed by atoms with Gasteiger partial charge in [0.1, 0.15) is 5.75 Å². The Morgan fingerprint density at radius 3 is 2.50 bits per heavy atom. The molecule has 6 heteroatoms. The van der Waals surface area contributed by atoms with Crippen LogP contribution in [0.5, 0.6) is 5.75 Å². The van der Waals surface area contributed by atoms with E-state index in [4.69, 9.17) is 21.4 Å². The Hall–Kier alpha value is -1.62. The predicted octanol–water partition coefficient (Wildman–Crippen LogP) is 4.17. The molecule has 0 spiro atoms. The Balaban J connectivity index is 0.000000956. The zero-order chi connectivity index (χ0) is 15.4. The number of hydrogen-bond donors (Lipinski definition) is 1. The van der Waals surface area contributed by atoms with Crippen molar-refractivity contribution in [1.82, 2.24) is 0 Å². The zero-order valence-corrected chi connectivity index (χ0v) is 12.0. The molecule has 2 rings (SSSR count). The highest BCUT2D eigenvalue weighted by Crippen LogP contribution is 2.38. The molecule has 1 atom stereocenters. The lowest BCUT2D eigenvalue weighted by Gasteiger charge is -2.25. The van der Waals surface area contributed by atoms with Crippen LogP contribution in [-0.4, -0.2) is 23.6 Å². The lowest BCUT2D eigenvalue weighted by atomic mass is 10.0. The van der Waals surface area contributed by atoms with Crippen LogP contribution in [0.2, 0.25) is 5.02 Å². The number of ether oxygens (including phenoxy) is 1. The number of fused-ring (bicyclic) bond motifs is 1. The SMILES string of the molecule is CC.Cc1cc(Cl)c2c(c1)C=C(C(=O)O)C(C(F)F)O2. The Kier molecular flexibility index (Phi) is 5.51. The van der Waals surface area contributed by atoms with Crippen LogP contribution >= 0.6 is 11.6 Å². The van der Waals surface area contributed by atoms with Crippen molar-refractivity contribution >= 4 is 23.6 Å². The van der Waals surface area contributed by atoms with Crippen LogP contribution in [0.15, 0.2) is 17.7 Å². The second-order valence-electron chi connectivity index (χ2n) is 3.94. The van der Waals surface area contributed by atoms with Crippen LogP contribution in [0.4, 0.5) is 8.78 Å². The Bertz CT molecular complexity index is 541. The average Bonchev–Trinajstić information content (AvgIpc) is 2.39. The van der Waals surface area contributed by atoms with E-state index in [9.17, 15) is 13.6 Å². The molecule has 3 nitrogen and oxygen atoms in total.